The Hall–Kier alpha value is -1.71. The van der Waals surface area contributed by atoms with Crippen LogP contribution in [-0.4, -0.2) is 18.2 Å². The van der Waals surface area contributed by atoms with Gasteiger partial charge >= 0.3 is 0 Å². The summed E-state index contributed by atoms with van der Waals surface area (Å²) in [5.74, 6) is 0.799. The summed E-state index contributed by atoms with van der Waals surface area (Å²) in [5.41, 5.74) is 1.80. The molecule has 1 heterocycles. The van der Waals surface area contributed by atoms with E-state index in [0.717, 1.165) is 17.0 Å². The molecule has 4 nitrogen and oxygen atoms in total. The summed E-state index contributed by atoms with van der Waals surface area (Å²) in [5, 5.41) is 14.3. The van der Waals surface area contributed by atoms with Gasteiger partial charge in [-0.05, 0) is 17.7 Å². The van der Waals surface area contributed by atoms with E-state index in [-0.39, 0.29) is 0 Å². The Balaban J connectivity index is 2.38. The van der Waals surface area contributed by atoms with Crippen LogP contribution in [0.15, 0.2) is 23.4 Å². The van der Waals surface area contributed by atoms with Crippen molar-refractivity contribution in [1.82, 2.24) is 0 Å². The third-order valence-corrected chi connectivity index (χ3v) is 1.70. The predicted molar refractivity (Wildman–Crippen MR) is 44.9 cm³/mol. The lowest BCUT2D eigenvalue weighted by Crippen LogP contribution is -1.96. The van der Waals surface area contributed by atoms with Crippen LogP contribution in [-0.2, 0) is 0 Å². The van der Waals surface area contributed by atoms with Crippen LogP contribution in [0.1, 0.15) is 5.56 Å². The van der Waals surface area contributed by atoms with Crippen LogP contribution in [0.25, 0.3) is 0 Å². The van der Waals surface area contributed by atoms with Gasteiger partial charge in [0.2, 0.25) is 0 Å². The van der Waals surface area contributed by atoms with Crippen LogP contribution in [0.2, 0.25) is 0 Å². The molecule has 2 N–H and O–H groups in total. The van der Waals surface area contributed by atoms with Crippen LogP contribution in [0.3, 0.4) is 0 Å². The predicted octanol–water partition coefficient (Wildman–Crippen LogP) is 1.26. The van der Waals surface area contributed by atoms with Crippen molar-refractivity contribution >= 4 is 11.9 Å². The van der Waals surface area contributed by atoms with E-state index in [1.54, 1.807) is 0 Å². The van der Waals surface area contributed by atoms with E-state index in [2.05, 4.69) is 10.5 Å². The highest BCUT2D eigenvalue weighted by molar-refractivity contribution is 5.81. The fourth-order valence-corrected chi connectivity index (χ4v) is 1.14. The molecule has 1 aliphatic heterocycles. The number of oxime groups is 1. The number of hydrogen-bond acceptors (Lipinski definition) is 4. The summed E-state index contributed by atoms with van der Waals surface area (Å²) in [4.78, 5) is 0. The number of hydrogen-bond donors (Lipinski definition) is 2. The molecular weight excluding hydrogens is 156 g/mol. The zero-order valence-corrected chi connectivity index (χ0v) is 6.32. The van der Waals surface area contributed by atoms with E-state index in [0.29, 0.717) is 6.73 Å². The highest BCUT2D eigenvalue weighted by Crippen LogP contribution is 2.29. The van der Waals surface area contributed by atoms with Crippen LogP contribution in [0, 0.1) is 0 Å². The number of fused-ring (bicyclic) bond motifs is 1. The number of nitrogens with zero attached hydrogens (tertiary/aromatic N) is 1. The Morgan fingerprint density at radius 1 is 1.58 bits per heavy atom. The second-order valence-corrected chi connectivity index (χ2v) is 2.47. The Labute approximate surface area is 69.5 Å². The number of benzene rings is 1. The smallest absolute Gasteiger partial charge is 0.159 e. The third-order valence-electron chi connectivity index (χ3n) is 1.70. The minimum atomic E-state index is 0.509. The van der Waals surface area contributed by atoms with Crippen molar-refractivity contribution in [2.24, 2.45) is 5.16 Å². The average molecular weight is 164 g/mol. The average Bonchev–Trinajstić information content (AvgIpc) is 2.51. The molecule has 0 bridgehead atoms. The van der Waals surface area contributed by atoms with Crippen molar-refractivity contribution in [1.29, 1.82) is 0 Å². The monoisotopic (exact) mass is 164 g/mol. The van der Waals surface area contributed by atoms with E-state index in [9.17, 15) is 0 Å². The molecular formula is C8H8N2O2. The van der Waals surface area contributed by atoms with Crippen molar-refractivity contribution in [2.45, 2.75) is 0 Å². The fraction of sp³-hybridized carbons (Fsp3) is 0.125. The molecule has 0 saturated heterocycles. The summed E-state index contributed by atoms with van der Waals surface area (Å²) in [6, 6.07) is 5.55. The summed E-state index contributed by atoms with van der Waals surface area (Å²) < 4.78 is 5.23. The van der Waals surface area contributed by atoms with Gasteiger partial charge in [-0.2, -0.15) is 0 Å². The highest BCUT2D eigenvalue weighted by atomic mass is 16.5. The van der Waals surface area contributed by atoms with Gasteiger partial charge in [0, 0.05) is 0 Å². The van der Waals surface area contributed by atoms with Gasteiger partial charge in [-0.25, -0.2) is 0 Å². The first-order valence-electron chi connectivity index (χ1n) is 3.58. The van der Waals surface area contributed by atoms with E-state index in [4.69, 9.17) is 9.94 Å². The van der Waals surface area contributed by atoms with Gasteiger partial charge in [-0.15, -0.1) is 0 Å². The second-order valence-electron chi connectivity index (χ2n) is 2.47. The summed E-state index contributed by atoms with van der Waals surface area (Å²) in [6.45, 7) is 0.509. The molecule has 0 atom stereocenters. The zero-order valence-electron chi connectivity index (χ0n) is 6.32. The molecule has 2 rings (SSSR count). The molecule has 0 spiro atoms. The zero-order chi connectivity index (χ0) is 8.39. The molecule has 62 valence electrons. The maximum Gasteiger partial charge on any atom is 0.159 e. The lowest BCUT2D eigenvalue weighted by molar-refractivity contribution is 0.322. The molecule has 4 heteroatoms. The topological polar surface area (TPSA) is 53.9 Å². The van der Waals surface area contributed by atoms with Crippen LogP contribution >= 0.6 is 0 Å². The molecule has 1 aromatic rings. The first kappa shape index (κ1) is 6.97. The Morgan fingerprint density at radius 2 is 2.50 bits per heavy atom. The number of nitrogens with one attached hydrogen (secondary N) is 1. The van der Waals surface area contributed by atoms with Crippen LogP contribution in [0.4, 0.5) is 5.69 Å². The second kappa shape index (κ2) is 2.73. The van der Waals surface area contributed by atoms with E-state index < -0.39 is 0 Å². The van der Waals surface area contributed by atoms with Crippen molar-refractivity contribution in [2.75, 3.05) is 12.0 Å². The van der Waals surface area contributed by atoms with E-state index >= 15 is 0 Å². The van der Waals surface area contributed by atoms with Crippen molar-refractivity contribution in [3.63, 3.8) is 0 Å². The highest BCUT2D eigenvalue weighted by Gasteiger charge is 2.09. The third kappa shape index (κ3) is 1.07. The normalized spacial score (nSPS) is 14.0. The summed E-state index contributed by atoms with van der Waals surface area (Å²) >= 11 is 0. The minimum absolute atomic E-state index is 0.509. The SMILES string of the molecule is O/N=C/c1ccc2c(c1)OCN2. The number of ether oxygens (including phenoxy) is 1. The first-order chi connectivity index (χ1) is 5.90. The Morgan fingerprint density at radius 3 is 3.33 bits per heavy atom. The maximum absolute atomic E-state index is 8.28. The van der Waals surface area contributed by atoms with Gasteiger partial charge in [0.05, 0.1) is 11.9 Å². The number of anilines is 1. The molecule has 0 aromatic heterocycles. The lowest BCUT2D eigenvalue weighted by Gasteiger charge is -1.96. The van der Waals surface area contributed by atoms with Gasteiger partial charge < -0.3 is 15.3 Å². The largest absolute Gasteiger partial charge is 0.471 e. The molecule has 12 heavy (non-hydrogen) atoms. The number of rotatable bonds is 1. The van der Waals surface area contributed by atoms with Crippen molar-refractivity contribution < 1.29 is 9.94 Å². The quantitative estimate of drug-likeness (QED) is 0.373. The minimum Gasteiger partial charge on any atom is -0.471 e. The molecule has 1 aromatic carbocycles. The van der Waals surface area contributed by atoms with Gasteiger partial charge in [0.1, 0.15) is 5.75 Å². The molecule has 0 fully saturated rings. The Kier molecular flexibility index (Phi) is 1.59. The molecule has 0 radical (unpaired) electrons. The summed E-state index contributed by atoms with van der Waals surface area (Å²) in [7, 11) is 0. The van der Waals surface area contributed by atoms with Crippen LogP contribution < -0.4 is 10.1 Å². The standard InChI is InChI=1S/C8H8N2O2/c11-10-4-6-1-2-7-8(3-6)12-5-9-7/h1-4,9,11H,5H2/b10-4+. The van der Waals surface area contributed by atoms with Crippen molar-refractivity contribution in [3.05, 3.63) is 23.8 Å². The summed E-state index contributed by atoms with van der Waals surface area (Å²) in [6.07, 6.45) is 1.36. The van der Waals surface area contributed by atoms with Gasteiger partial charge in [0.15, 0.2) is 6.73 Å². The first-order valence-corrected chi connectivity index (χ1v) is 3.58. The fourth-order valence-electron chi connectivity index (χ4n) is 1.14. The lowest BCUT2D eigenvalue weighted by atomic mass is 10.2. The molecule has 0 aliphatic carbocycles. The Bertz CT molecular complexity index is 323. The van der Waals surface area contributed by atoms with Crippen molar-refractivity contribution in [3.8, 4) is 5.75 Å². The van der Waals surface area contributed by atoms with E-state index in [1.807, 2.05) is 18.2 Å². The van der Waals surface area contributed by atoms with Crippen LogP contribution in [0.5, 0.6) is 5.75 Å². The van der Waals surface area contributed by atoms with E-state index in [1.165, 1.54) is 6.21 Å². The van der Waals surface area contributed by atoms with Gasteiger partial charge in [-0.3, -0.25) is 0 Å². The maximum atomic E-state index is 8.28. The molecule has 1 aliphatic rings. The molecule has 0 amide bonds. The molecule has 0 saturated carbocycles. The van der Waals surface area contributed by atoms with Gasteiger partial charge in [-0.1, -0.05) is 11.2 Å². The van der Waals surface area contributed by atoms with Gasteiger partial charge in [0.25, 0.3) is 0 Å². The molecule has 0 unspecified atom stereocenters.